The fraction of sp³-hybridized carbons (Fsp3) is 0.462. The van der Waals surface area contributed by atoms with Gasteiger partial charge in [0.25, 0.3) is 0 Å². The molecule has 2 rings (SSSR count). The first-order valence-electron chi connectivity index (χ1n) is 6.21. The summed E-state index contributed by atoms with van der Waals surface area (Å²) < 4.78 is 45.8. The minimum atomic E-state index is -4.53. The summed E-state index contributed by atoms with van der Waals surface area (Å²) in [5.41, 5.74) is 0.799. The van der Waals surface area contributed by atoms with Crippen molar-refractivity contribution in [3.63, 3.8) is 0 Å². The lowest BCUT2D eigenvalue weighted by Crippen LogP contribution is -2.43. The summed E-state index contributed by atoms with van der Waals surface area (Å²) in [5, 5.41) is 0.566. The maximum absolute atomic E-state index is 12.0. The lowest BCUT2D eigenvalue weighted by molar-refractivity contribution is -0.163. The Balaban J connectivity index is 1.94. The number of hydrogen-bond acceptors (Lipinski definition) is 3. The zero-order chi connectivity index (χ0) is 15.5. The topological polar surface area (TPSA) is 38.8 Å². The number of hydrogen-bond donors (Lipinski definition) is 0. The molecule has 1 atom stereocenters. The fourth-order valence-corrected chi connectivity index (χ4v) is 2.06. The number of carbonyl (C=O) groups excluding carboxylic acids is 1. The van der Waals surface area contributed by atoms with Gasteiger partial charge in [0, 0.05) is 11.6 Å². The third kappa shape index (κ3) is 4.78. The summed E-state index contributed by atoms with van der Waals surface area (Å²) in [6.45, 7) is -1.03. The molecule has 1 amide bonds. The second-order valence-corrected chi connectivity index (χ2v) is 4.96. The molecular weight excluding hydrogens is 311 g/mol. The quantitative estimate of drug-likeness (QED) is 0.837. The predicted octanol–water partition coefficient (Wildman–Crippen LogP) is 3.41. The average molecular weight is 324 g/mol. The Morgan fingerprint density at radius 3 is 2.67 bits per heavy atom. The number of halogens is 4. The van der Waals surface area contributed by atoms with E-state index in [0.717, 1.165) is 5.56 Å². The smallest absolute Gasteiger partial charge is 0.422 e. The SMILES string of the molecule is O=C(OCC(F)(F)F)N1CCOC(c2ccc(Cl)cc2)C1. The van der Waals surface area contributed by atoms with Gasteiger partial charge < -0.3 is 14.4 Å². The van der Waals surface area contributed by atoms with Crippen LogP contribution in [0.5, 0.6) is 0 Å². The number of benzene rings is 1. The van der Waals surface area contributed by atoms with Gasteiger partial charge in [-0.1, -0.05) is 23.7 Å². The average Bonchev–Trinajstić information content (AvgIpc) is 2.45. The monoisotopic (exact) mass is 323 g/mol. The molecule has 116 valence electrons. The van der Waals surface area contributed by atoms with E-state index in [1.165, 1.54) is 4.90 Å². The Kier molecular flexibility index (Phi) is 4.95. The van der Waals surface area contributed by atoms with Gasteiger partial charge in [-0.2, -0.15) is 13.2 Å². The van der Waals surface area contributed by atoms with E-state index >= 15 is 0 Å². The molecule has 4 nitrogen and oxygen atoms in total. The molecule has 1 fully saturated rings. The second kappa shape index (κ2) is 6.53. The van der Waals surface area contributed by atoms with E-state index < -0.39 is 25.0 Å². The molecule has 0 spiro atoms. The summed E-state index contributed by atoms with van der Waals surface area (Å²) >= 11 is 5.78. The Morgan fingerprint density at radius 2 is 2.05 bits per heavy atom. The maximum atomic E-state index is 12.0. The highest BCUT2D eigenvalue weighted by Gasteiger charge is 2.32. The largest absolute Gasteiger partial charge is 0.440 e. The Bertz CT molecular complexity index is 492. The third-order valence-electron chi connectivity index (χ3n) is 2.93. The van der Waals surface area contributed by atoms with Crippen molar-refractivity contribution < 1.29 is 27.4 Å². The number of carbonyl (C=O) groups is 1. The summed E-state index contributed by atoms with van der Waals surface area (Å²) in [6, 6.07) is 6.86. The summed E-state index contributed by atoms with van der Waals surface area (Å²) in [4.78, 5) is 12.8. The van der Waals surface area contributed by atoms with E-state index in [0.29, 0.717) is 5.02 Å². The zero-order valence-corrected chi connectivity index (χ0v) is 11.7. The number of ether oxygens (including phenoxy) is 2. The first kappa shape index (κ1) is 15.9. The molecule has 1 aliphatic heterocycles. The van der Waals surface area contributed by atoms with Crippen molar-refractivity contribution >= 4 is 17.7 Å². The first-order chi connectivity index (χ1) is 9.85. The summed E-state index contributed by atoms with van der Waals surface area (Å²) in [5.74, 6) is 0. The van der Waals surface area contributed by atoms with E-state index in [1.807, 2.05) is 0 Å². The highest BCUT2D eigenvalue weighted by Crippen LogP contribution is 2.24. The Morgan fingerprint density at radius 1 is 1.38 bits per heavy atom. The van der Waals surface area contributed by atoms with Crippen molar-refractivity contribution in [2.24, 2.45) is 0 Å². The highest BCUT2D eigenvalue weighted by atomic mass is 35.5. The second-order valence-electron chi connectivity index (χ2n) is 4.53. The van der Waals surface area contributed by atoms with Gasteiger partial charge in [-0.3, -0.25) is 0 Å². The van der Waals surface area contributed by atoms with Crippen LogP contribution >= 0.6 is 11.6 Å². The number of rotatable bonds is 2. The molecule has 0 bridgehead atoms. The molecule has 1 aliphatic rings. The van der Waals surface area contributed by atoms with Crippen LogP contribution in [0.25, 0.3) is 0 Å². The van der Waals surface area contributed by atoms with E-state index in [4.69, 9.17) is 16.3 Å². The lowest BCUT2D eigenvalue weighted by Gasteiger charge is -2.32. The Hall–Kier alpha value is -1.47. The van der Waals surface area contributed by atoms with Crippen molar-refractivity contribution in [1.29, 1.82) is 0 Å². The molecule has 21 heavy (non-hydrogen) atoms. The standard InChI is InChI=1S/C13H13ClF3NO3/c14-10-3-1-9(2-4-10)11-7-18(5-6-20-11)12(19)21-8-13(15,16)17/h1-4,11H,5-8H2. The van der Waals surface area contributed by atoms with Crippen LogP contribution in [0.1, 0.15) is 11.7 Å². The molecule has 0 N–H and O–H groups in total. The van der Waals surface area contributed by atoms with Gasteiger partial charge in [0.2, 0.25) is 0 Å². The maximum Gasteiger partial charge on any atom is 0.422 e. The molecule has 8 heteroatoms. The van der Waals surface area contributed by atoms with Gasteiger partial charge in [0.1, 0.15) is 6.10 Å². The van der Waals surface area contributed by atoms with Gasteiger partial charge in [0.15, 0.2) is 6.61 Å². The molecule has 0 aromatic heterocycles. The molecule has 1 heterocycles. The van der Waals surface area contributed by atoms with Crippen LogP contribution in [0.3, 0.4) is 0 Å². The predicted molar refractivity (Wildman–Crippen MR) is 69.1 cm³/mol. The minimum Gasteiger partial charge on any atom is -0.440 e. The van der Waals surface area contributed by atoms with Crippen molar-refractivity contribution in [2.75, 3.05) is 26.3 Å². The van der Waals surface area contributed by atoms with Gasteiger partial charge in [-0.25, -0.2) is 4.79 Å². The van der Waals surface area contributed by atoms with E-state index in [2.05, 4.69) is 4.74 Å². The molecule has 0 radical (unpaired) electrons. The molecule has 0 saturated carbocycles. The van der Waals surface area contributed by atoms with Gasteiger partial charge in [-0.05, 0) is 17.7 Å². The fourth-order valence-electron chi connectivity index (χ4n) is 1.93. The molecule has 1 aromatic carbocycles. The number of nitrogens with zero attached hydrogens (tertiary/aromatic N) is 1. The molecular formula is C13H13ClF3NO3. The van der Waals surface area contributed by atoms with Crippen molar-refractivity contribution in [3.8, 4) is 0 Å². The van der Waals surface area contributed by atoms with Gasteiger partial charge >= 0.3 is 12.3 Å². The molecule has 1 saturated heterocycles. The number of alkyl halides is 3. The van der Waals surface area contributed by atoms with Crippen LogP contribution in [0, 0.1) is 0 Å². The van der Waals surface area contributed by atoms with E-state index in [1.54, 1.807) is 24.3 Å². The summed E-state index contributed by atoms with van der Waals surface area (Å²) in [7, 11) is 0. The Labute approximate surface area is 124 Å². The lowest BCUT2D eigenvalue weighted by atomic mass is 10.1. The number of morpholine rings is 1. The summed E-state index contributed by atoms with van der Waals surface area (Å²) in [6.07, 6.45) is -5.93. The van der Waals surface area contributed by atoms with Crippen molar-refractivity contribution in [1.82, 2.24) is 4.90 Å². The van der Waals surface area contributed by atoms with Crippen LogP contribution in [-0.2, 0) is 9.47 Å². The minimum absolute atomic E-state index is 0.137. The number of amides is 1. The van der Waals surface area contributed by atoms with Crippen LogP contribution in [0.15, 0.2) is 24.3 Å². The van der Waals surface area contributed by atoms with Gasteiger partial charge in [0.05, 0.1) is 13.2 Å². The van der Waals surface area contributed by atoms with Crippen LogP contribution < -0.4 is 0 Å². The van der Waals surface area contributed by atoms with Crippen LogP contribution in [-0.4, -0.2) is 43.5 Å². The zero-order valence-electron chi connectivity index (χ0n) is 10.9. The van der Waals surface area contributed by atoms with Crippen LogP contribution in [0.2, 0.25) is 5.02 Å². The highest BCUT2D eigenvalue weighted by molar-refractivity contribution is 6.30. The first-order valence-corrected chi connectivity index (χ1v) is 6.58. The van der Waals surface area contributed by atoms with Crippen molar-refractivity contribution in [3.05, 3.63) is 34.9 Å². The normalized spacial score (nSPS) is 19.4. The van der Waals surface area contributed by atoms with E-state index in [-0.39, 0.29) is 19.7 Å². The van der Waals surface area contributed by atoms with E-state index in [9.17, 15) is 18.0 Å². The molecule has 1 aromatic rings. The third-order valence-corrected chi connectivity index (χ3v) is 3.18. The molecule has 0 aliphatic carbocycles. The van der Waals surface area contributed by atoms with Crippen molar-refractivity contribution in [2.45, 2.75) is 12.3 Å². The molecule has 1 unspecified atom stereocenters. The van der Waals surface area contributed by atoms with Gasteiger partial charge in [-0.15, -0.1) is 0 Å². The van der Waals surface area contributed by atoms with Crippen LogP contribution in [0.4, 0.5) is 18.0 Å².